The third-order valence-electron chi connectivity index (χ3n) is 2.72. The standard InChI is InChI=1S/C14H9F3O4S/c1-8(18)9-3-2-4-10(7-9)21-22(19,20)12-6-5-11(15)13(16)14(12)17/h2-7H,1H3. The molecule has 0 spiro atoms. The zero-order valence-electron chi connectivity index (χ0n) is 11.1. The average molecular weight is 330 g/mol. The van der Waals surface area contributed by atoms with Crippen molar-refractivity contribution in [2.45, 2.75) is 11.8 Å². The molecule has 0 radical (unpaired) electrons. The Balaban J connectivity index is 2.42. The Hall–Kier alpha value is -2.35. The fourth-order valence-corrected chi connectivity index (χ4v) is 2.63. The Morgan fingerprint density at radius 2 is 1.73 bits per heavy atom. The fraction of sp³-hybridized carbons (Fsp3) is 0.0714. The second-order valence-electron chi connectivity index (χ2n) is 4.29. The second-order valence-corrected chi connectivity index (χ2v) is 5.81. The minimum Gasteiger partial charge on any atom is -0.379 e. The van der Waals surface area contributed by atoms with Crippen molar-refractivity contribution in [1.29, 1.82) is 0 Å². The highest BCUT2D eigenvalue weighted by atomic mass is 32.2. The molecule has 0 saturated carbocycles. The molecule has 2 aromatic carbocycles. The van der Waals surface area contributed by atoms with E-state index >= 15 is 0 Å². The van der Waals surface area contributed by atoms with E-state index in [2.05, 4.69) is 4.18 Å². The lowest BCUT2D eigenvalue weighted by Gasteiger charge is -2.09. The lowest BCUT2D eigenvalue weighted by molar-refractivity contribution is 0.101. The fourth-order valence-electron chi connectivity index (χ4n) is 1.64. The number of hydrogen-bond donors (Lipinski definition) is 0. The summed E-state index contributed by atoms with van der Waals surface area (Å²) in [6.45, 7) is 1.27. The lowest BCUT2D eigenvalue weighted by atomic mass is 10.1. The van der Waals surface area contributed by atoms with Gasteiger partial charge in [0, 0.05) is 5.56 Å². The van der Waals surface area contributed by atoms with Crippen molar-refractivity contribution in [3.8, 4) is 5.75 Å². The Bertz CT molecular complexity index is 847. The van der Waals surface area contributed by atoms with Gasteiger partial charge in [0.1, 0.15) is 10.6 Å². The molecule has 0 aliphatic heterocycles. The molecule has 8 heteroatoms. The number of Topliss-reactive ketones (excluding diaryl/α,β-unsaturated/α-hetero) is 1. The smallest absolute Gasteiger partial charge is 0.342 e. The maximum Gasteiger partial charge on any atom is 0.342 e. The number of ketones is 1. The van der Waals surface area contributed by atoms with Gasteiger partial charge in [-0.1, -0.05) is 12.1 Å². The molecule has 22 heavy (non-hydrogen) atoms. The average Bonchev–Trinajstić information content (AvgIpc) is 2.44. The summed E-state index contributed by atoms with van der Waals surface area (Å²) in [5, 5.41) is 0. The van der Waals surface area contributed by atoms with Gasteiger partial charge in [-0.25, -0.2) is 13.2 Å². The van der Waals surface area contributed by atoms with Gasteiger partial charge in [0.2, 0.25) is 0 Å². The normalized spacial score (nSPS) is 11.3. The van der Waals surface area contributed by atoms with Crippen molar-refractivity contribution in [3.63, 3.8) is 0 Å². The topological polar surface area (TPSA) is 60.4 Å². The second kappa shape index (κ2) is 5.80. The van der Waals surface area contributed by atoms with E-state index in [1.165, 1.54) is 25.1 Å². The van der Waals surface area contributed by atoms with E-state index in [0.717, 1.165) is 6.07 Å². The molecule has 0 bridgehead atoms. The van der Waals surface area contributed by atoms with Crippen LogP contribution in [0.5, 0.6) is 5.75 Å². The Morgan fingerprint density at radius 3 is 2.36 bits per heavy atom. The first-order valence-corrected chi connectivity index (χ1v) is 7.32. The van der Waals surface area contributed by atoms with Crippen LogP contribution in [0.4, 0.5) is 13.2 Å². The number of halogens is 3. The molecule has 0 atom stereocenters. The highest BCUT2D eigenvalue weighted by Crippen LogP contribution is 2.24. The summed E-state index contributed by atoms with van der Waals surface area (Å²) in [6.07, 6.45) is 0. The molecular weight excluding hydrogens is 321 g/mol. The third kappa shape index (κ3) is 3.11. The molecule has 0 N–H and O–H groups in total. The number of carbonyl (C=O) groups excluding carboxylic acids is 1. The zero-order chi connectivity index (χ0) is 16.5. The van der Waals surface area contributed by atoms with Crippen LogP contribution in [0.25, 0.3) is 0 Å². The van der Waals surface area contributed by atoms with E-state index in [9.17, 15) is 26.4 Å². The Kier molecular flexibility index (Phi) is 4.23. The zero-order valence-corrected chi connectivity index (χ0v) is 12.0. The van der Waals surface area contributed by atoms with E-state index in [1.807, 2.05) is 0 Å². The van der Waals surface area contributed by atoms with Crippen LogP contribution in [0.3, 0.4) is 0 Å². The SMILES string of the molecule is CC(=O)c1cccc(OS(=O)(=O)c2ccc(F)c(F)c2F)c1. The molecule has 0 fully saturated rings. The van der Waals surface area contributed by atoms with Gasteiger partial charge < -0.3 is 4.18 Å². The van der Waals surface area contributed by atoms with Crippen molar-refractivity contribution >= 4 is 15.9 Å². The molecule has 0 unspecified atom stereocenters. The summed E-state index contributed by atoms with van der Waals surface area (Å²) >= 11 is 0. The van der Waals surface area contributed by atoms with Gasteiger partial charge in [-0.2, -0.15) is 8.42 Å². The van der Waals surface area contributed by atoms with E-state index in [-0.39, 0.29) is 17.1 Å². The first-order chi connectivity index (χ1) is 10.2. The van der Waals surface area contributed by atoms with Crippen LogP contribution in [-0.2, 0) is 10.1 Å². The van der Waals surface area contributed by atoms with Crippen molar-refractivity contribution in [1.82, 2.24) is 0 Å². The van der Waals surface area contributed by atoms with E-state index in [1.54, 1.807) is 0 Å². The third-order valence-corrected chi connectivity index (χ3v) is 3.98. The summed E-state index contributed by atoms with van der Waals surface area (Å²) < 4.78 is 68.0. The summed E-state index contributed by atoms with van der Waals surface area (Å²) in [6, 6.07) is 6.18. The van der Waals surface area contributed by atoms with Gasteiger partial charge in [0.25, 0.3) is 0 Å². The van der Waals surface area contributed by atoms with Crippen molar-refractivity contribution < 1.29 is 30.6 Å². The Labute approximate surface area is 124 Å². The van der Waals surface area contributed by atoms with Crippen molar-refractivity contribution in [2.24, 2.45) is 0 Å². The van der Waals surface area contributed by atoms with Crippen molar-refractivity contribution in [3.05, 3.63) is 59.4 Å². The van der Waals surface area contributed by atoms with Gasteiger partial charge in [-0.05, 0) is 31.2 Å². The lowest BCUT2D eigenvalue weighted by Crippen LogP contribution is -2.13. The molecule has 0 aliphatic rings. The number of hydrogen-bond acceptors (Lipinski definition) is 4. The van der Waals surface area contributed by atoms with Crippen LogP contribution < -0.4 is 4.18 Å². The summed E-state index contributed by atoms with van der Waals surface area (Å²) in [4.78, 5) is 10.1. The van der Waals surface area contributed by atoms with Gasteiger partial charge >= 0.3 is 10.1 Å². The summed E-state index contributed by atoms with van der Waals surface area (Å²) in [5.74, 6) is -5.89. The van der Waals surface area contributed by atoms with Gasteiger partial charge in [0.05, 0.1) is 0 Å². The molecule has 0 aromatic heterocycles. The maximum atomic E-state index is 13.5. The van der Waals surface area contributed by atoms with Crippen LogP contribution >= 0.6 is 0 Å². The molecule has 0 amide bonds. The molecule has 0 heterocycles. The van der Waals surface area contributed by atoms with Crippen LogP contribution in [0.2, 0.25) is 0 Å². The van der Waals surface area contributed by atoms with Crippen LogP contribution in [-0.4, -0.2) is 14.2 Å². The molecule has 0 aliphatic carbocycles. The molecule has 2 rings (SSSR count). The largest absolute Gasteiger partial charge is 0.379 e. The molecule has 2 aromatic rings. The monoisotopic (exact) mass is 330 g/mol. The van der Waals surface area contributed by atoms with Gasteiger partial charge in [-0.3, -0.25) is 4.79 Å². The van der Waals surface area contributed by atoms with Gasteiger partial charge in [-0.15, -0.1) is 0 Å². The first-order valence-electron chi connectivity index (χ1n) is 5.91. The predicted molar refractivity (Wildman–Crippen MR) is 70.6 cm³/mol. The number of benzene rings is 2. The predicted octanol–water partition coefficient (Wildman–Crippen LogP) is 3.07. The van der Waals surface area contributed by atoms with E-state index in [0.29, 0.717) is 12.1 Å². The van der Waals surface area contributed by atoms with Crippen molar-refractivity contribution in [2.75, 3.05) is 0 Å². The highest BCUT2D eigenvalue weighted by molar-refractivity contribution is 7.87. The van der Waals surface area contributed by atoms with Crippen LogP contribution in [0.1, 0.15) is 17.3 Å². The molecular formula is C14H9F3O4S. The van der Waals surface area contributed by atoms with Crippen LogP contribution in [0, 0.1) is 17.5 Å². The summed E-state index contributed by atoms with van der Waals surface area (Å²) in [7, 11) is -4.72. The molecule has 4 nitrogen and oxygen atoms in total. The minimum atomic E-state index is -4.72. The van der Waals surface area contributed by atoms with E-state index < -0.39 is 32.5 Å². The highest BCUT2D eigenvalue weighted by Gasteiger charge is 2.26. The number of carbonyl (C=O) groups is 1. The van der Waals surface area contributed by atoms with Gasteiger partial charge in [0.15, 0.2) is 23.2 Å². The first kappa shape index (κ1) is 16.0. The van der Waals surface area contributed by atoms with E-state index in [4.69, 9.17) is 0 Å². The molecule has 0 saturated heterocycles. The summed E-state index contributed by atoms with van der Waals surface area (Å²) in [5.41, 5.74) is 0.179. The maximum absolute atomic E-state index is 13.5. The Morgan fingerprint density at radius 1 is 1.05 bits per heavy atom. The quantitative estimate of drug-likeness (QED) is 0.491. The molecule has 116 valence electrons. The minimum absolute atomic E-state index is 0.179. The number of rotatable bonds is 4. The van der Waals surface area contributed by atoms with Crippen LogP contribution in [0.15, 0.2) is 41.3 Å².